The van der Waals surface area contributed by atoms with E-state index in [1.807, 2.05) is 30.3 Å². The molecule has 1 aromatic carbocycles. The van der Waals surface area contributed by atoms with Crippen molar-refractivity contribution in [3.05, 3.63) is 30.3 Å². The van der Waals surface area contributed by atoms with Crippen molar-refractivity contribution < 1.29 is 9.63 Å². The average Bonchev–Trinajstić information content (AvgIpc) is 2.26. The van der Waals surface area contributed by atoms with Crippen LogP contribution in [0.15, 0.2) is 30.3 Å². The van der Waals surface area contributed by atoms with E-state index in [0.717, 1.165) is 18.5 Å². The first-order chi connectivity index (χ1) is 7.33. The Kier molecular flexibility index (Phi) is 5.25. The zero-order valence-corrected chi connectivity index (χ0v) is 8.82. The molecule has 0 aliphatic heterocycles. The molecule has 1 rings (SSSR count). The van der Waals surface area contributed by atoms with E-state index in [1.54, 1.807) is 0 Å². The van der Waals surface area contributed by atoms with E-state index in [-0.39, 0.29) is 6.03 Å². The maximum atomic E-state index is 11.2. The molecule has 15 heavy (non-hydrogen) atoms. The maximum Gasteiger partial charge on any atom is 0.343 e. The van der Waals surface area contributed by atoms with E-state index in [2.05, 4.69) is 17.7 Å². The number of carbonyl (C=O) groups is 1. The molecule has 0 atom stereocenters. The molecule has 0 heterocycles. The van der Waals surface area contributed by atoms with Gasteiger partial charge in [0.05, 0.1) is 6.61 Å². The van der Waals surface area contributed by atoms with E-state index < -0.39 is 0 Å². The van der Waals surface area contributed by atoms with Gasteiger partial charge in [0.1, 0.15) is 0 Å². The lowest BCUT2D eigenvalue weighted by atomic mass is 10.3. The number of amides is 2. The number of unbranched alkanes of at least 4 members (excludes halogenated alkanes) is 1. The van der Waals surface area contributed by atoms with Crippen molar-refractivity contribution in [1.29, 1.82) is 0 Å². The number of hydrogen-bond acceptors (Lipinski definition) is 2. The third kappa shape index (κ3) is 5.02. The first-order valence-corrected chi connectivity index (χ1v) is 5.06. The fourth-order valence-electron chi connectivity index (χ4n) is 1.01. The smallest absolute Gasteiger partial charge is 0.306 e. The van der Waals surface area contributed by atoms with Crippen LogP contribution in [0.3, 0.4) is 0 Å². The molecule has 0 saturated heterocycles. The van der Waals surface area contributed by atoms with E-state index >= 15 is 0 Å². The van der Waals surface area contributed by atoms with Gasteiger partial charge in [-0.25, -0.2) is 10.3 Å². The highest BCUT2D eigenvalue weighted by Crippen LogP contribution is 2.03. The summed E-state index contributed by atoms with van der Waals surface area (Å²) in [6.45, 7) is 2.60. The van der Waals surface area contributed by atoms with Crippen LogP contribution in [0, 0.1) is 0 Å². The predicted octanol–water partition coefficient (Wildman–Crippen LogP) is 2.54. The van der Waals surface area contributed by atoms with Crippen LogP contribution in [0.25, 0.3) is 0 Å². The highest BCUT2D eigenvalue weighted by atomic mass is 16.7. The summed E-state index contributed by atoms with van der Waals surface area (Å²) in [5, 5.41) is 2.64. The monoisotopic (exact) mass is 208 g/mol. The summed E-state index contributed by atoms with van der Waals surface area (Å²) >= 11 is 0. The number of para-hydroxylation sites is 1. The summed E-state index contributed by atoms with van der Waals surface area (Å²) < 4.78 is 0. The molecule has 0 saturated carbocycles. The van der Waals surface area contributed by atoms with Crippen LogP contribution in [0.2, 0.25) is 0 Å². The number of anilines is 1. The topological polar surface area (TPSA) is 50.4 Å². The fraction of sp³-hybridized carbons (Fsp3) is 0.364. The molecule has 0 unspecified atom stereocenters. The third-order valence-electron chi connectivity index (χ3n) is 1.80. The van der Waals surface area contributed by atoms with Gasteiger partial charge in [0.15, 0.2) is 0 Å². The second kappa shape index (κ2) is 6.84. The number of urea groups is 1. The Morgan fingerprint density at radius 1 is 1.33 bits per heavy atom. The minimum Gasteiger partial charge on any atom is -0.306 e. The second-order valence-corrected chi connectivity index (χ2v) is 3.12. The van der Waals surface area contributed by atoms with Gasteiger partial charge in [0.25, 0.3) is 0 Å². The number of carbonyl (C=O) groups excluding carboxylic acids is 1. The highest BCUT2D eigenvalue weighted by molar-refractivity contribution is 5.88. The molecule has 4 nitrogen and oxygen atoms in total. The molecule has 0 spiro atoms. The molecule has 2 N–H and O–H groups in total. The number of benzene rings is 1. The van der Waals surface area contributed by atoms with Gasteiger partial charge in [-0.15, -0.1) is 0 Å². The zero-order chi connectivity index (χ0) is 10.9. The number of rotatable bonds is 5. The SMILES string of the molecule is CCCCONC(=O)Nc1ccccc1. The summed E-state index contributed by atoms with van der Waals surface area (Å²) in [4.78, 5) is 16.2. The Labute approximate surface area is 89.6 Å². The lowest BCUT2D eigenvalue weighted by Gasteiger charge is -2.06. The molecule has 0 aliphatic rings. The molecule has 1 aromatic rings. The predicted molar refractivity (Wildman–Crippen MR) is 59.5 cm³/mol. The Balaban J connectivity index is 2.19. The van der Waals surface area contributed by atoms with Gasteiger partial charge in [0.2, 0.25) is 0 Å². The molecule has 0 aromatic heterocycles. The third-order valence-corrected chi connectivity index (χ3v) is 1.80. The summed E-state index contributed by atoms with van der Waals surface area (Å²) in [5.41, 5.74) is 3.06. The lowest BCUT2D eigenvalue weighted by Crippen LogP contribution is -2.29. The van der Waals surface area contributed by atoms with Gasteiger partial charge in [-0.3, -0.25) is 4.84 Å². The number of hydroxylamine groups is 1. The van der Waals surface area contributed by atoms with Gasteiger partial charge in [-0.05, 0) is 18.6 Å². The summed E-state index contributed by atoms with van der Waals surface area (Å²) in [7, 11) is 0. The minimum atomic E-state index is -0.350. The molecule has 0 aliphatic carbocycles. The Hall–Kier alpha value is -1.55. The van der Waals surface area contributed by atoms with E-state index in [4.69, 9.17) is 4.84 Å². The van der Waals surface area contributed by atoms with Gasteiger partial charge >= 0.3 is 6.03 Å². The van der Waals surface area contributed by atoms with Crippen molar-refractivity contribution in [2.75, 3.05) is 11.9 Å². The van der Waals surface area contributed by atoms with Crippen LogP contribution < -0.4 is 10.8 Å². The van der Waals surface area contributed by atoms with Crippen LogP contribution >= 0.6 is 0 Å². The lowest BCUT2D eigenvalue weighted by molar-refractivity contribution is 0.0640. The van der Waals surface area contributed by atoms with Crippen LogP contribution in [-0.4, -0.2) is 12.6 Å². The highest BCUT2D eigenvalue weighted by Gasteiger charge is 1.99. The number of nitrogens with one attached hydrogen (secondary N) is 2. The molecule has 0 bridgehead atoms. The Bertz CT molecular complexity index is 288. The van der Waals surface area contributed by atoms with Crippen LogP contribution in [-0.2, 0) is 4.84 Å². The summed E-state index contributed by atoms with van der Waals surface area (Å²) in [5.74, 6) is 0. The normalized spacial score (nSPS) is 9.67. The molecule has 82 valence electrons. The molecular formula is C11H16N2O2. The second-order valence-electron chi connectivity index (χ2n) is 3.12. The van der Waals surface area contributed by atoms with Gasteiger partial charge in [-0.2, -0.15) is 0 Å². The zero-order valence-electron chi connectivity index (χ0n) is 8.82. The van der Waals surface area contributed by atoms with Crippen molar-refractivity contribution in [3.8, 4) is 0 Å². The van der Waals surface area contributed by atoms with Crippen molar-refractivity contribution >= 4 is 11.7 Å². The molecule has 0 radical (unpaired) electrons. The van der Waals surface area contributed by atoms with Crippen molar-refractivity contribution in [2.45, 2.75) is 19.8 Å². The van der Waals surface area contributed by atoms with E-state index in [0.29, 0.717) is 6.61 Å². The first kappa shape index (κ1) is 11.5. The van der Waals surface area contributed by atoms with Crippen LogP contribution in [0.1, 0.15) is 19.8 Å². The maximum absolute atomic E-state index is 11.2. The van der Waals surface area contributed by atoms with Crippen LogP contribution in [0.5, 0.6) is 0 Å². The minimum absolute atomic E-state index is 0.350. The quantitative estimate of drug-likeness (QED) is 0.577. The fourth-order valence-corrected chi connectivity index (χ4v) is 1.01. The van der Waals surface area contributed by atoms with Crippen molar-refractivity contribution in [3.63, 3.8) is 0 Å². The van der Waals surface area contributed by atoms with Gasteiger partial charge < -0.3 is 5.32 Å². The molecule has 2 amide bonds. The molecule has 0 fully saturated rings. The largest absolute Gasteiger partial charge is 0.343 e. The molecular weight excluding hydrogens is 192 g/mol. The van der Waals surface area contributed by atoms with Gasteiger partial charge in [0, 0.05) is 5.69 Å². The van der Waals surface area contributed by atoms with Crippen LogP contribution in [0.4, 0.5) is 10.5 Å². The Morgan fingerprint density at radius 3 is 2.73 bits per heavy atom. The standard InChI is InChI=1S/C11H16N2O2/c1-2-3-9-15-13-11(14)12-10-7-5-4-6-8-10/h4-8H,2-3,9H2,1H3,(H2,12,13,14). The summed E-state index contributed by atoms with van der Waals surface area (Å²) in [6.07, 6.45) is 1.98. The number of hydrogen-bond donors (Lipinski definition) is 2. The van der Waals surface area contributed by atoms with Gasteiger partial charge in [-0.1, -0.05) is 31.5 Å². The van der Waals surface area contributed by atoms with Crippen molar-refractivity contribution in [1.82, 2.24) is 5.48 Å². The average molecular weight is 208 g/mol. The Morgan fingerprint density at radius 2 is 2.07 bits per heavy atom. The molecule has 4 heteroatoms. The van der Waals surface area contributed by atoms with E-state index in [9.17, 15) is 4.79 Å². The van der Waals surface area contributed by atoms with E-state index in [1.165, 1.54) is 0 Å². The van der Waals surface area contributed by atoms with Crippen molar-refractivity contribution in [2.24, 2.45) is 0 Å². The summed E-state index contributed by atoms with van der Waals surface area (Å²) in [6, 6.07) is 8.87. The first-order valence-electron chi connectivity index (χ1n) is 5.06.